The molecule has 0 aliphatic heterocycles. The van der Waals surface area contributed by atoms with Crippen LogP contribution in [-0.4, -0.2) is 0 Å². The molecular formula is C15H10F4N2. The topological polar surface area (TPSA) is 35.8 Å². The van der Waals surface area contributed by atoms with Gasteiger partial charge in [-0.05, 0) is 29.8 Å². The molecule has 2 rings (SSSR count). The molecule has 0 saturated heterocycles. The number of nitriles is 1. The highest BCUT2D eigenvalue weighted by Gasteiger charge is 2.32. The summed E-state index contributed by atoms with van der Waals surface area (Å²) < 4.78 is 52.1. The van der Waals surface area contributed by atoms with Crippen LogP contribution in [0, 0.1) is 17.1 Å². The highest BCUT2D eigenvalue weighted by Crippen LogP contribution is 2.32. The zero-order valence-corrected chi connectivity index (χ0v) is 10.7. The van der Waals surface area contributed by atoms with E-state index in [9.17, 15) is 17.6 Å². The van der Waals surface area contributed by atoms with E-state index in [4.69, 9.17) is 5.26 Å². The van der Waals surface area contributed by atoms with Crippen molar-refractivity contribution >= 4 is 5.69 Å². The first-order valence-electron chi connectivity index (χ1n) is 6.00. The van der Waals surface area contributed by atoms with E-state index in [1.54, 1.807) is 6.07 Å². The van der Waals surface area contributed by atoms with E-state index in [1.165, 1.54) is 30.3 Å². The molecule has 0 radical (unpaired) electrons. The Kier molecular flexibility index (Phi) is 4.13. The minimum absolute atomic E-state index is 0.0220. The van der Waals surface area contributed by atoms with Crippen molar-refractivity contribution in [1.82, 2.24) is 0 Å². The molecule has 0 unspecified atom stereocenters. The van der Waals surface area contributed by atoms with E-state index < -0.39 is 17.6 Å². The number of alkyl halides is 3. The lowest BCUT2D eigenvalue weighted by Crippen LogP contribution is -2.12. The first kappa shape index (κ1) is 14.9. The second kappa shape index (κ2) is 5.83. The van der Waals surface area contributed by atoms with Crippen LogP contribution in [0.5, 0.6) is 0 Å². The number of hydrogen-bond acceptors (Lipinski definition) is 2. The van der Waals surface area contributed by atoms with Crippen molar-refractivity contribution in [2.75, 3.05) is 5.32 Å². The molecule has 0 aliphatic rings. The standard InChI is InChI=1S/C15H10F4N2/c16-13-7-10(8-20)5-6-14(13)21-9-11-3-1-2-4-12(11)15(17,18)19/h1-7,21H,9H2. The molecule has 2 aromatic carbocycles. The lowest BCUT2D eigenvalue weighted by atomic mass is 10.1. The van der Waals surface area contributed by atoms with E-state index >= 15 is 0 Å². The fourth-order valence-corrected chi connectivity index (χ4v) is 1.87. The number of halogens is 4. The normalized spacial score (nSPS) is 11.0. The second-order valence-electron chi connectivity index (χ2n) is 4.31. The lowest BCUT2D eigenvalue weighted by molar-refractivity contribution is -0.138. The van der Waals surface area contributed by atoms with Crippen LogP contribution >= 0.6 is 0 Å². The van der Waals surface area contributed by atoms with Crippen LogP contribution in [0.3, 0.4) is 0 Å². The van der Waals surface area contributed by atoms with E-state index in [1.807, 2.05) is 0 Å². The number of hydrogen-bond donors (Lipinski definition) is 1. The number of benzene rings is 2. The Bertz CT molecular complexity index is 687. The predicted molar refractivity (Wildman–Crippen MR) is 69.9 cm³/mol. The van der Waals surface area contributed by atoms with Gasteiger partial charge in [-0.15, -0.1) is 0 Å². The van der Waals surface area contributed by atoms with Crippen LogP contribution in [0.15, 0.2) is 42.5 Å². The third kappa shape index (κ3) is 3.51. The fraction of sp³-hybridized carbons (Fsp3) is 0.133. The Morgan fingerprint density at radius 1 is 1.10 bits per heavy atom. The average Bonchev–Trinajstić information content (AvgIpc) is 2.45. The Labute approximate surface area is 118 Å². The molecule has 0 aromatic heterocycles. The highest BCUT2D eigenvalue weighted by atomic mass is 19.4. The van der Waals surface area contributed by atoms with Crippen LogP contribution in [0.2, 0.25) is 0 Å². The van der Waals surface area contributed by atoms with Gasteiger partial charge >= 0.3 is 6.18 Å². The quantitative estimate of drug-likeness (QED) is 0.855. The van der Waals surface area contributed by atoms with Crippen LogP contribution in [0.25, 0.3) is 0 Å². The minimum atomic E-state index is -4.46. The Hall–Kier alpha value is -2.55. The molecule has 0 fully saturated rings. The van der Waals surface area contributed by atoms with Gasteiger partial charge in [0.2, 0.25) is 0 Å². The average molecular weight is 294 g/mol. The van der Waals surface area contributed by atoms with Gasteiger partial charge in [-0.1, -0.05) is 18.2 Å². The van der Waals surface area contributed by atoms with Crippen molar-refractivity contribution in [3.63, 3.8) is 0 Å². The summed E-state index contributed by atoms with van der Waals surface area (Å²) in [7, 11) is 0. The molecule has 108 valence electrons. The van der Waals surface area contributed by atoms with Crippen LogP contribution < -0.4 is 5.32 Å². The third-order valence-electron chi connectivity index (χ3n) is 2.89. The largest absolute Gasteiger partial charge is 0.416 e. The Morgan fingerprint density at radius 3 is 2.43 bits per heavy atom. The van der Waals surface area contributed by atoms with Gasteiger partial charge in [0.15, 0.2) is 0 Å². The molecular weight excluding hydrogens is 284 g/mol. The number of rotatable bonds is 3. The maximum Gasteiger partial charge on any atom is 0.416 e. The van der Waals surface area contributed by atoms with E-state index in [0.717, 1.165) is 12.1 Å². The molecule has 0 bridgehead atoms. The number of nitrogens with one attached hydrogen (secondary N) is 1. The summed E-state index contributed by atoms with van der Waals surface area (Å²) in [6, 6.07) is 10.6. The third-order valence-corrected chi connectivity index (χ3v) is 2.89. The number of nitrogens with zero attached hydrogens (tertiary/aromatic N) is 1. The summed E-state index contributed by atoms with van der Waals surface area (Å²) >= 11 is 0. The van der Waals surface area contributed by atoms with Crippen LogP contribution in [-0.2, 0) is 12.7 Å². The van der Waals surface area contributed by atoms with Crippen molar-refractivity contribution in [3.8, 4) is 6.07 Å². The first-order valence-corrected chi connectivity index (χ1v) is 6.00. The summed E-state index contributed by atoms with van der Waals surface area (Å²) in [5, 5.41) is 11.2. The molecule has 0 aliphatic carbocycles. The maximum atomic E-state index is 13.6. The first-order chi connectivity index (χ1) is 9.91. The summed E-state index contributed by atoms with van der Waals surface area (Å²) in [5.41, 5.74) is -0.542. The van der Waals surface area contributed by atoms with Crippen molar-refractivity contribution < 1.29 is 17.6 Å². The van der Waals surface area contributed by atoms with Gasteiger partial charge in [-0.25, -0.2) is 4.39 Å². The molecule has 21 heavy (non-hydrogen) atoms. The minimum Gasteiger partial charge on any atom is -0.379 e. The van der Waals surface area contributed by atoms with Gasteiger partial charge in [-0.3, -0.25) is 0 Å². The zero-order chi connectivity index (χ0) is 15.5. The molecule has 2 nitrogen and oxygen atoms in total. The zero-order valence-electron chi connectivity index (χ0n) is 10.7. The van der Waals surface area contributed by atoms with E-state index in [-0.39, 0.29) is 23.4 Å². The molecule has 0 heterocycles. The summed E-state index contributed by atoms with van der Waals surface area (Å²) in [4.78, 5) is 0. The Balaban J connectivity index is 2.20. The van der Waals surface area contributed by atoms with Gasteiger partial charge in [0.05, 0.1) is 22.9 Å². The molecule has 6 heteroatoms. The van der Waals surface area contributed by atoms with Gasteiger partial charge in [-0.2, -0.15) is 18.4 Å². The van der Waals surface area contributed by atoms with Gasteiger partial charge in [0, 0.05) is 6.54 Å². The number of anilines is 1. The second-order valence-corrected chi connectivity index (χ2v) is 4.31. The van der Waals surface area contributed by atoms with Crippen LogP contribution in [0.1, 0.15) is 16.7 Å². The molecule has 0 spiro atoms. The van der Waals surface area contributed by atoms with Crippen molar-refractivity contribution in [2.45, 2.75) is 12.7 Å². The molecule has 0 atom stereocenters. The lowest BCUT2D eigenvalue weighted by Gasteiger charge is -2.14. The smallest absolute Gasteiger partial charge is 0.379 e. The summed E-state index contributed by atoms with van der Waals surface area (Å²) in [6.45, 7) is -0.168. The molecule has 1 N–H and O–H groups in total. The summed E-state index contributed by atoms with van der Waals surface area (Å²) in [6.07, 6.45) is -4.46. The van der Waals surface area contributed by atoms with E-state index in [0.29, 0.717) is 0 Å². The highest BCUT2D eigenvalue weighted by molar-refractivity contribution is 5.49. The van der Waals surface area contributed by atoms with Crippen molar-refractivity contribution in [2.24, 2.45) is 0 Å². The van der Waals surface area contributed by atoms with Gasteiger partial charge < -0.3 is 5.32 Å². The Morgan fingerprint density at radius 2 is 1.81 bits per heavy atom. The summed E-state index contributed by atoms with van der Waals surface area (Å²) in [5.74, 6) is -0.682. The monoisotopic (exact) mass is 294 g/mol. The van der Waals surface area contributed by atoms with Crippen LogP contribution in [0.4, 0.5) is 23.2 Å². The molecule has 0 saturated carbocycles. The predicted octanol–water partition coefficient (Wildman–Crippen LogP) is 4.33. The molecule has 2 aromatic rings. The van der Waals surface area contributed by atoms with Gasteiger partial charge in [0.1, 0.15) is 5.82 Å². The fourth-order valence-electron chi connectivity index (χ4n) is 1.87. The SMILES string of the molecule is N#Cc1ccc(NCc2ccccc2C(F)(F)F)c(F)c1. The van der Waals surface area contributed by atoms with Crippen molar-refractivity contribution in [1.29, 1.82) is 5.26 Å². The van der Waals surface area contributed by atoms with E-state index in [2.05, 4.69) is 5.32 Å². The maximum absolute atomic E-state index is 13.6. The van der Waals surface area contributed by atoms with Gasteiger partial charge in [0.25, 0.3) is 0 Å². The van der Waals surface area contributed by atoms with Crippen molar-refractivity contribution in [3.05, 3.63) is 65.0 Å². The molecule has 0 amide bonds.